The second kappa shape index (κ2) is 10.6. The first kappa shape index (κ1) is 21.6. The fourth-order valence-corrected chi connectivity index (χ4v) is 3.26. The molecule has 3 rings (SSSR count). The Hall–Kier alpha value is -3.10. The molecule has 2 N–H and O–H groups in total. The van der Waals surface area contributed by atoms with Gasteiger partial charge in [-0.05, 0) is 57.0 Å². The third-order valence-corrected chi connectivity index (χ3v) is 4.99. The summed E-state index contributed by atoms with van der Waals surface area (Å²) in [4.78, 5) is 24.2. The van der Waals surface area contributed by atoms with Gasteiger partial charge < -0.3 is 14.2 Å². The molecule has 3 aromatic carbocycles. The number of amides is 2. The van der Waals surface area contributed by atoms with E-state index in [0.717, 1.165) is 15.2 Å². The molecule has 0 spiro atoms. The Labute approximate surface area is 182 Å². The minimum absolute atomic E-state index is 0.247. The monoisotopic (exact) mass is 472 g/mol. The Morgan fingerprint density at radius 1 is 0.900 bits per heavy atom. The lowest BCUT2D eigenvalue weighted by molar-refractivity contribution is -0.123. The van der Waals surface area contributed by atoms with Gasteiger partial charge in [0.1, 0.15) is 18.1 Å². The van der Waals surface area contributed by atoms with Crippen LogP contribution in [0.5, 0.6) is 11.5 Å². The van der Waals surface area contributed by atoms with E-state index in [4.69, 9.17) is 14.2 Å². The van der Waals surface area contributed by atoms with E-state index in [1.807, 2.05) is 30.3 Å². The van der Waals surface area contributed by atoms with Crippen LogP contribution in [0.1, 0.15) is 10.4 Å². The molecule has 0 aromatic heterocycles. The maximum Gasteiger partial charge on any atom is 0.276 e. The topological polar surface area (TPSA) is 85.9 Å². The lowest BCUT2D eigenvalue weighted by Crippen LogP contribution is -2.43. The van der Waals surface area contributed by atoms with Gasteiger partial charge in [0.2, 0.25) is 0 Å². The summed E-state index contributed by atoms with van der Waals surface area (Å²) in [5.74, 6) is 0.239. The van der Waals surface area contributed by atoms with Gasteiger partial charge in [-0.3, -0.25) is 20.4 Å². The predicted molar refractivity (Wildman–Crippen MR) is 117 cm³/mol. The fraction of sp³-hybridized carbons (Fsp3) is 0.182. The van der Waals surface area contributed by atoms with Gasteiger partial charge >= 0.3 is 0 Å². The van der Waals surface area contributed by atoms with Gasteiger partial charge in [-0.25, -0.2) is 0 Å². The van der Waals surface area contributed by atoms with E-state index >= 15 is 0 Å². The van der Waals surface area contributed by atoms with Gasteiger partial charge in [0.15, 0.2) is 6.61 Å². The normalized spacial score (nSPS) is 10.5. The molecule has 0 radical (unpaired) electrons. The zero-order chi connectivity index (χ0) is 21.3. The van der Waals surface area contributed by atoms with Crippen molar-refractivity contribution >= 4 is 38.5 Å². The van der Waals surface area contributed by atoms with Crippen LogP contribution in [0.3, 0.4) is 0 Å². The van der Waals surface area contributed by atoms with Crippen LogP contribution in [0.25, 0.3) is 10.8 Å². The van der Waals surface area contributed by atoms with E-state index in [0.29, 0.717) is 30.3 Å². The standard InChI is InChI=1S/C22H21BrN2O5/c1-28-12-13-29-17-9-6-16(7-10-17)22(27)25-24-20(26)14-30-19-11-8-15-4-2-3-5-18(15)21(19)23/h2-11H,12-14H2,1H3,(H,24,26)(H,25,27). The van der Waals surface area contributed by atoms with E-state index < -0.39 is 11.8 Å². The number of carbonyl (C=O) groups is 2. The zero-order valence-corrected chi connectivity index (χ0v) is 17.9. The summed E-state index contributed by atoms with van der Waals surface area (Å²) in [5, 5.41) is 2.04. The number of hydrogen-bond donors (Lipinski definition) is 2. The van der Waals surface area contributed by atoms with Crippen LogP contribution < -0.4 is 20.3 Å². The molecular weight excluding hydrogens is 452 g/mol. The molecule has 3 aromatic rings. The van der Waals surface area contributed by atoms with E-state index in [1.54, 1.807) is 37.4 Å². The number of carbonyl (C=O) groups excluding carboxylic acids is 2. The van der Waals surface area contributed by atoms with Gasteiger partial charge in [-0.2, -0.15) is 0 Å². The van der Waals surface area contributed by atoms with Crippen LogP contribution in [0.4, 0.5) is 0 Å². The van der Waals surface area contributed by atoms with Gasteiger partial charge in [0, 0.05) is 12.7 Å². The maximum atomic E-state index is 12.2. The van der Waals surface area contributed by atoms with Crippen molar-refractivity contribution in [2.45, 2.75) is 0 Å². The summed E-state index contributed by atoms with van der Waals surface area (Å²) in [5.41, 5.74) is 5.08. The van der Waals surface area contributed by atoms with E-state index in [2.05, 4.69) is 26.8 Å². The Morgan fingerprint density at radius 3 is 2.43 bits per heavy atom. The molecule has 0 aliphatic rings. The number of rotatable bonds is 8. The largest absolute Gasteiger partial charge is 0.491 e. The van der Waals surface area contributed by atoms with E-state index in [-0.39, 0.29) is 6.61 Å². The number of benzene rings is 3. The van der Waals surface area contributed by atoms with Crippen molar-refractivity contribution in [2.24, 2.45) is 0 Å². The molecule has 0 unspecified atom stereocenters. The minimum Gasteiger partial charge on any atom is -0.491 e. The van der Waals surface area contributed by atoms with Crippen LogP contribution >= 0.6 is 15.9 Å². The molecule has 0 saturated heterocycles. The number of fused-ring (bicyclic) bond motifs is 1. The van der Waals surface area contributed by atoms with Crippen LogP contribution in [-0.2, 0) is 9.53 Å². The highest BCUT2D eigenvalue weighted by Gasteiger charge is 2.10. The summed E-state index contributed by atoms with van der Waals surface area (Å²) < 4.78 is 16.7. The summed E-state index contributed by atoms with van der Waals surface area (Å²) >= 11 is 3.51. The molecular formula is C22H21BrN2O5. The van der Waals surface area contributed by atoms with Crippen LogP contribution in [0.15, 0.2) is 65.1 Å². The fourth-order valence-electron chi connectivity index (χ4n) is 2.65. The van der Waals surface area contributed by atoms with Crippen LogP contribution in [-0.4, -0.2) is 38.7 Å². The summed E-state index contributed by atoms with van der Waals surface area (Å²) in [6, 6.07) is 18.1. The number of nitrogens with one attached hydrogen (secondary N) is 2. The first-order valence-electron chi connectivity index (χ1n) is 9.19. The highest BCUT2D eigenvalue weighted by molar-refractivity contribution is 9.10. The first-order valence-corrected chi connectivity index (χ1v) is 9.99. The quantitative estimate of drug-likeness (QED) is 0.387. The van der Waals surface area contributed by atoms with Crippen LogP contribution in [0.2, 0.25) is 0 Å². The molecule has 0 fully saturated rings. The lowest BCUT2D eigenvalue weighted by Gasteiger charge is -2.11. The Balaban J connectivity index is 1.47. The SMILES string of the molecule is COCCOc1ccc(C(=O)NNC(=O)COc2ccc3ccccc3c2Br)cc1. The van der Waals surface area contributed by atoms with Gasteiger partial charge in [0.05, 0.1) is 11.1 Å². The van der Waals surface area contributed by atoms with Crippen molar-refractivity contribution < 1.29 is 23.8 Å². The number of hydrogen-bond acceptors (Lipinski definition) is 5. The maximum absolute atomic E-state index is 12.2. The van der Waals surface area contributed by atoms with Crippen molar-refractivity contribution in [1.29, 1.82) is 0 Å². The van der Waals surface area contributed by atoms with Crippen molar-refractivity contribution in [3.8, 4) is 11.5 Å². The number of halogens is 1. The molecule has 0 saturated carbocycles. The van der Waals surface area contributed by atoms with Gasteiger partial charge in [-0.15, -0.1) is 0 Å². The minimum atomic E-state index is -0.483. The highest BCUT2D eigenvalue weighted by Crippen LogP contribution is 2.32. The third-order valence-electron chi connectivity index (χ3n) is 4.17. The molecule has 0 bridgehead atoms. The van der Waals surface area contributed by atoms with Crippen molar-refractivity contribution in [3.63, 3.8) is 0 Å². The van der Waals surface area contributed by atoms with Crippen molar-refractivity contribution in [2.75, 3.05) is 26.9 Å². The Bertz CT molecular complexity index is 1020. The molecule has 0 heterocycles. The second-order valence-corrected chi connectivity index (χ2v) is 7.05. The molecule has 0 aliphatic carbocycles. The lowest BCUT2D eigenvalue weighted by atomic mass is 10.1. The molecule has 156 valence electrons. The van der Waals surface area contributed by atoms with Crippen molar-refractivity contribution in [3.05, 3.63) is 70.7 Å². The van der Waals surface area contributed by atoms with Crippen molar-refractivity contribution in [1.82, 2.24) is 10.9 Å². The Kier molecular flexibility index (Phi) is 7.64. The highest BCUT2D eigenvalue weighted by atomic mass is 79.9. The van der Waals surface area contributed by atoms with E-state index in [9.17, 15) is 9.59 Å². The zero-order valence-electron chi connectivity index (χ0n) is 16.3. The number of hydrazine groups is 1. The molecule has 0 atom stereocenters. The molecule has 30 heavy (non-hydrogen) atoms. The average Bonchev–Trinajstić information content (AvgIpc) is 2.78. The Morgan fingerprint density at radius 2 is 1.67 bits per heavy atom. The smallest absolute Gasteiger partial charge is 0.276 e. The van der Waals surface area contributed by atoms with E-state index in [1.165, 1.54) is 0 Å². The molecule has 8 heteroatoms. The number of methoxy groups -OCH3 is 1. The average molecular weight is 473 g/mol. The first-order chi connectivity index (χ1) is 14.6. The molecule has 7 nitrogen and oxygen atoms in total. The van der Waals surface area contributed by atoms with Crippen LogP contribution in [0, 0.1) is 0 Å². The second-order valence-electron chi connectivity index (χ2n) is 6.26. The number of ether oxygens (including phenoxy) is 3. The predicted octanol–water partition coefficient (Wildman–Crippen LogP) is 3.47. The summed E-state index contributed by atoms with van der Waals surface area (Å²) in [7, 11) is 1.59. The summed E-state index contributed by atoms with van der Waals surface area (Å²) in [6.45, 7) is 0.654. The van der Waals surface area contributed by atoms with Gasteiger partial charge in [-0.1, -0.05) is 30.3 Å². The third kappa shape index (κ3) is 5.71. The molecule has 0 aliphatic heterocycles. The molecule has 2 amide bonds. The van der Waals surface area contributed by atoms with Gasteiger partial charge in [0.25, 0.3) is 11.8 Å². The summed E-state index contributed by atoms with van der Waals surface area (Å²) in [6.07, 6.45) is 0.